The zero-order valence-corrected chi connectivity index (χ0v) is 16.3. The highest BCUT2D eigenvalue weighted by Gasteiger charge is 2.08. The van der Waals surface area contributed by atoms with E-state index in [9.17, 15) is 0 Å². The number of hydrogen-bond acceptors (Lipinski definition) is 4. The van der Waals surface area contributed by atoms with Crippen molar-refractivity contribution in [2.24, 2.45) is 0 Å². The number of rotatable bonds is 6. The molecule has 0 bridgehead atoms. The molecule has 2 aromatic carbocycles. The van der Waals surface area contributed by atoms with Crippen LogP contribution in [0.2, 0.25) is 5.02 Å². The molecule has 1 heterocycles. The highest BCUT2D eigenvalue weighted by Crippen LogP contribution is 2.31. The number of likely N-dealkylation sites (N-methyl/N-ethyl adjacent to an activating group) is 1. The maximum absolute atomic E-state index is 9.01. The number of aromatic nitrogens is 1. The van der Waals surface area contributed by atoms with Crippen LogP contribution in [0.15, 0.2) is 42.5 Å². The van der Waals surface area contributed by atoms with E-state index in [1.54, 1.807) is 0 Å². The molecule has 0 aliphatic heterocycles. The Hall–Kier alpha value is -1.90. The molecular formula is C21H21ClN2OS. The van der Waals surface area contributed by atoms with E-state index in [4.69, 9.17) is 16.7 Å². The smallest absolute Gasteiger partial charge is 0.0919 e. The van der Waals surface area contributed by atoms with Gasteiger partial charge in [0.2, 0.25) is 0 Å². The Bertz CT molecular complexity index is 925. The Kier molecular flexibility index (Phi) is 6.65. The number of benzene rings is 2. The largest absolute Gasteiger partial charge is 0.395 e. The molecule has 0 aliphatic carbocycles. The van der Waals surface area contributed by atoms with Gasteiger partial charge in [-0.3, -0.25) is 0 Å². The number of nitrogens with zero attached hydrogens (tertiary/aromatic N) is 2. The van der Waals surface area contributed by atoms with Crippen molar-refractivity contribution in [1.29, 1.82) is 0 Å². The summed E-state index contributed by atoms with van der Waals surface area (Å²) in [6.07, 6.45) is 0.796. The fraction of sp³-hybridized carbons (Fsp3) is 0.286. The van der Waals surface area contributed by atoms with Gasteiger partial charge >= 0.3 is 0 Å². The molecule has 0 saturated heterocycles. The highest BCUT2D eigenvalue weighted by molar-refractivity contribution is 7.13. The second-order valence-electron chi connectivity index (χ2n) is 5.96. The van der Waals surface area contributed by atoms with Crippen molar-refractivity contribution in [3.63, 3.8) is 0 Å². The third-order valence-electron chi connectivity index (χ3n) is 4.24. The molecule has 0 amide bonds. The standard InChI is InChI=1S/C21H21ClN2OS/c1-2-24(13-14-25)12-4-3-5-16-6-11-19-20(15-16)26-23-21(19)17-7-9-18(22)10-8-17/h6-11,15,25H,2,4,12-14H2,1H3. The van der Waals surface area contributed by atoms with Gasteiger partial charge in [-0.05, 0) is 42.3 Å². The third kappa shape index (κ3) is 4.63. The van der Waals surface area contributed by atoms with Crippen LogP contribution in [0.3, 0.4) is 0 Å². The molecule has 134 valence electrons. The van der Waals surface area contributed by atoms with Crippen LogP contribution in [0.4, 0.5) is 0 Å². The van der Waals surface area contributed by atoms with Crippen molar-refractivity contribution in [3.8, 4) is 23.1 Å². The Balaban J connectivity index is 1.73. The predicted octanol–water partition coefficient (Wildman–Crippen LogP) is 4.67. The van der Waals surface area contributed by atoms with Crippen LogP contribution in [0, 0.1) is 11.8 Å². The molecule has 0 unspecified atom stereocenters. The van der Waals surface area contributed by atoms with Crippen LogP contribution < -0.4 is 0 Å². The Labute approximate surface area is 163 Å². The average Bonchev–Trinajstić information content (AvgIpc) is 3.08. The molecule has 1 aromatic heterocycles. The van der Waals surface area contributed by atoms with Crippen LogP contribution in [0.5, 0.6) is 0 Å². The average molecular weight is 385 g/mol. The first kappa shape index (κ1) is 18.9. The summed E-state index contributed by atoms with van der Waals surface area (Å²) in [5.41, 5.74) is 3.07. The van der Waals surface area contributed by atoms with Gasteiger partial charge < -0.3 is 10.0 Å². The van der Waals surface area contributed by atoms with E-state index < -0.39 is 0 Å². The summed E-state index contributed by atoms with van der Waals surface area (Å²) in [4.78, 5) is 2.19. The van der Waals surface area contributed by atoms with E-state index in [-0.39, 0.29) is 6.61 Å². The Morgan fingerprint density at radius 1 is 1.15 bits per heavy atom. The van der Waals surface area contributed by atoms with Crippen LogP contribution in [-0.2, 0) is 0 Å². The summed E-state index contributed by atoms with van der Waals surface area (Å²) in [5.74, 6) is 6.47. The molecule has 0 spiro atoms. The molecular weight excluding hydrogens is 364 g/mol. The van der Waals surface area contributed by atoms with E-state index in [0.717, 1.165) is 51.4 Å². The molecule has 5 heteroatoms. The van der Waals surface area contributed by atoms with Gasteiger partial charge in [0, 0.05) is 41.0 Å². The normalized spacial score (nSPS) is 10.9. The van der Waals surface area contributed by atoms with Crippen molar-refractivity contribution >= 4 is 33.2 Å². The Morgan fingerprint density at radius 3 is 2.69 bits per heavy atom. The molecule has 0 radical (unpaired) electrons. The van der Waals surface area contributed by atoms with Crippen LogP contribution >= 0.6 is 23.1 Å². The van der Waals surface area contributed by atoms with E-state index in [0.29, 0.717) is 6.54 Å². The fourth-order valence-electron chi connectivity index (χ4n) is 2.78. The van der Waals surface area contributed by atoms with Gasteiger partial charge in [0.25, 0.3) is 0 Å². The first-order valence-corrected chi connectivity index (χ1v) is 9.84. The van der Waals surface area contributed by atoms with Gasteiger partial charge in [-0.25, -0.2) is 0 Å². The first-order valence-electron chi connectivity index (χ1n) is 8.68. The second kappa shape index (κ2) is 9.16. The predicted molar refractivity (Wildman–Crippen MR) is 111 cm³/mol. The van der Waals surface area contributed by atoms with Gasteiger partial charge in [-0.15, -0.1) is 0 Å². The molecule has 3 nitrogen and oxygen atoms in total. The van der Waals surface area contributed by atoms with Crippen molar-refractivity contribution in [1.82, 2.24) is 9.27 Å². The topological polar surface area (TPSA) is 36.4 Å². The molecule has 1 N–H and O–H groups in total. The maximum atomic E-state index is 9.01. The fourth-order valence-corrected chi connectivity index (χ4v) is 3.74. The number of hydrogen-bond donors (Lipinski definition) is 1. The van der Waals surface area contributed by atoms with Gasteiger partial charge in [-0.1, -0.05) is 48.6 Å². The van der Waals surface area contributed by atoms with Crippen LogP contribution in [0.25, 0.3) is 21.3 Å². The van der Waals surface area contributed by atoms with Crippen molar-refractivity contribution < 1.29 is 5.11 Å². The third-order valence-corrected chi connectivity index (χ3v) is 5.30. The zero-order chi connectivity index (χ0) is 18.4. The number of aliphatic hydroxyl groups is 1. The lowest BCUT2D eigenvalue weighted by Gasteiger charge is -2.16. The van der Waals surface area contributed by atoms with E-state index in [2.05, 4.69) is 46.2 Å². The maximum Gasteiger partial charge on any atom is 0.0919 e. The Morgan fingerprint density at radius 2 is 1.96 bits per heavy atom. The summed E-state index contributed by atoms with van der Waals surface area (Å²) < 4.78 is 5.74. The summed E-state index contributed by atoms with van der Waals surface area (Å²) in [5, 5.41) is 10.9. The van der Waals surface area contributed by atoms with Crippen molar-refractivity contribution in [2.75, 3.05) is 26.2 Å². The number of fused-ring (bicyclic) bond motifs is 1. The lowest BCUT2D eigenvalue weighted by atomic mass is 10.1. The summed E-state index contributed by atoms with van der Waals surface area (Å²) >= 11 is 7.47. The minimum atomic E-state index is 0.194. The minimum absolute atomic E-state index is 0.194. The second-order valence-corrected chi connectivity index (χ2v) is 7.20. The number of aliphatic hydroxyl groups excluding tert-OH is 1. The van der Waals surface area contributed by atoms with E-state index in [1.807, 2.05) is 24.3 Å². The van der Waals surface area contributed by atoms with Gasteiger partial charge in [0.15, 0.2) is 0 Å². The van der Waals surface area contributed by atoms with Gasteiger partial charge in [0.05, 0.1) is 17.0 Å². The summed E-state index contributed by atoms with van der Waals surface area (Å²) in [6, 6.07) is 14.0. The highest BCUT2D eigenvalue weighted by atomic mass is 35.5. The molecule has 0 aliphatic rings. The lowest BCUT2D eigenvalue weighted by molar-refractivity contribution is 0.205. The summed E-state index contributed by atoms with van der Waals surface area (Å²) in [7, 11) is 0. The quantitative estimate of drug-likeness (QED) is 0.627. The number of halogens is 1. The van der Waals surface area contributed by atoms with Crippen LogP contribution in [0.1, 0.15) is 18.9 Å². The monoisotopic (exact) mass is 384 g/mol. The van der Waals surface area contributed by atoms with E-state index in [1.165, 1.54) is 11.5 Å². The van der Waals surface area contributed by atoms with Gasteiger partial charge in [-0.2, -0.15) is 4.37 Å². The van der Waals surface area contributed by atoms with Crippen molar-refractivity contribution in [3.05, 3.63) is 53.1 Å². The van der Waals surface area contributed by atoms with Crippen molar-refractivity contribution in [2.45, 2.75) is 13.3 Å². The summed E-state index contributed by atoms with van der Waals surface area (Å²) in [6.45, 7) is 4.81. The van der Waals surface area contributed by atoms with Crippen LogP contribution in [-0.4, -0.2) is 40.6 Å². The molecule has 26 heavy (non-hydrogen) atoms. The molecule has 0 fully saturated rings. The lowest BCUT2D eigenvalue weighted by Crippen LogP contribution is -2.27. The molecule has 0 saturated carbocycles. The van der Waals surface area contributed by atoms with E-state index >= 15 is 0 Å². The van der Waals surface area contributed by atoms with Gasteiger partial charge in [0.1, 0.15) is 0 Å². The molecule has 3 aromatic rings. The molecule has 0 atom stereocenters. The zero-order valence-electron chi connectivity index (χ0n) is 14.7. The molecule has 3 rings (SSSR count). The SMILES string of the molecule is CCN(CCO)CCC#Cc1ccc2c(-c3ccc(Cl)cc3)nsc2c1. The first-order chi connectivity index (χ1) is 12.7. The minimum Gasteiger partial charge on any atom is -0.395 e.